The van der Waals surface area contributed by atoms with E-state index >= 15 is 0 Å². The van der Waals surface area contributed by atoms with Crippen molar-refractivity contribution in [3.63, 3.8) is 0 Å². The highest BCUT2D eigenvalue weighted by Gasteiger charge is 2.51. The van der Waals surface area contributed by atoms with Crippen molar-refractivity contribution in [2.75, 3.05) is 14.2 Å². The molecule has 5 aromatic rings. The molecular weight excluding hydrogens is 520 g/mol. The van der Waals surface area contributed by atoms with Crippen LogP contribution >= 0.6 is 0 Å². The summed E-state index contributed by atoms with van der Waals surface area (Å²) in [5, 5.41) is 0. The van der Waals surface area contributed by atoms with Crippen LogP contribution in [0.1, 0.15) is 33.4 Å². The fourth-order valence-electron chi connectivity index (χ4n) is 7.35. The van der Waals surface area contributed by atoms with Crippen molar-refractivity contribution >= 4 is 11.9 Å². The number of esters is 2. The highest BCUT2D eigenvalue weighted by Crippen LogP contribution is 2.52. The Balaban J connectivity index is 1.29. The van der Waals surface area contributed by atoms with Crippen LogP contribution in [-0.2, 0) is 42.7 Å². The number of benzene rings is 5. The molecule has 0 unspecified atom stereocenters. The second kappa shape index (κ2) is 9.85. The van der Waals surface area contributed by atoms with E-state index in [1.54, 1.807) is 0 Å². The van der Waals surface area contributed by atoms with Crippen LogP contribution < -0.4 is 0 Å². The molecule has 0 heterocycles. The van der Waals surface area contributed by atoms with E-state index in [0.29, 0.717) is 12.8 Å². The van der Waals surface area contributed by atoms with E-state index in [0.717, 1.165) is 55.6 Å². The Kier molecular flexibility index (Phi) is 6.09. The van der Waals surface area contributed by atoms with Crippen LogP contribution in [-0.4, -0.2) is 26.2 Å². The van der Waals surface area contributed by atoms with Crippen molar-refractivity contribution in [1.82, 2.24) is 0 Å². The molecule has 4 nitrogen and oxygen atoms in total. The third-order valence-electron chi connectivity index (χ3n) is 9.16. The summed E-state index contributed by atoms with van der Waals surface area (Å²) < 4.78 is 10.9. The van der Waals surface area contributed by atoms with Gasteiger partial charge in [-0.25, -0.2) is 0 Å². The Morgan fingerprint density at radius 3 is 0.976 bits per heavy atom. The summed E-state index contributed by atoms with van der Waals surface area (Å²) in [6.45, 7) is 0. The zero-order valence-electron chi connectivity index (χ0n) is 23.6. The Bertz CT molecular complexity index is 1620. The summed E-state index contributed by atoms with van der Waals surface area (Å²) in [7, 11) is 2.92. The maximum atomic E-state index is 13.7. The van der Waals surface area contributed by atoms with Crippen molar-refractivity contribution in [2.24, 2.45) is 0 Å². The van der Waals surface area contributed by atoms with Crippen LogP contribution in [0.15, 0.2) is 121 Å². The molecule has 0 fully saturated rings. The smallest absolute Gasteiger partial charge is 0.321 e. The van der Waals surface area contributed by atoms with Gasteiger partial charge in [0.25, 0.3) is 0 Å². The van der Waals surface area contributed by atoms with Gasteiger partial charge in [0, 0.05) is 0 Å². The molecule has 42 heavy (non-hydrogen) atoms. The van der Waals surface area contributed by atoms with Gasteiger partial charge in [-0.3, -0.25) is 9.59 Å². The van der Waals surface area contributed by atoms with Crippen molar-refractivity contribution in [2.45, 2.75) is 23.7 Å². The van der Waals surface area contributed by atoms with Gasteiger partial charge in [-0.05, 0) is 68.5 Å². The van der Waals surface area contributed by atoms with Gasteiger partial charge in [-0.2, -0.15) is 0 Å². The topological polar surface area (TPSA) is 52.6 Å². The van der Waals surface area contributed by atoms with Gasteiger partial charge in [0.2, 0.25) is 0 Å². The fraction of sp³-hybridized carbons (Fsp3) is 0.158. The predicted octanol–water partition coefficient (Wildman–Crippen LogP) is 7.05. The fourth-order valence-corrected chi connectivity index (χ4v) is 7.35. The van der Waals surface area contributed by atoms with Crippen molar-refractivity contribution in [3.8, 4) is 22.3 Å². The van der Waals surface area contributed by atoms with Crippen LogP contribution in [0.5, 0.6) is 0 Å². The second-order valence-corrected chi connectivity index (χ2v) is 11.1. The van der Waals surface area contributed by atoms with Crippen LogP contribution in [0.2, 0.25) is 0 Å². The number of hydrogen-bond donors (Lipinski definition) is 0. The standard InChI is InChI=1S/C38H30O4/c1-41-35(39)37(31-15-7-3-11-27(31)28-12-4-8-16-32(28)37)23-25-19-21-26(22-20-25)24-38(36(40)42-2)33-17-9-5-13-29(33)30-14-6-10-18-34(30)38/h3-22H,23-24H2,1-2H3. The van der Waals surface area contributed by atoms with Crippen LogP contribution in [0.3, 0.4) is 0 Å². The summed E-state index contributed by atoms with van der Waals surface area (Å²) in [5.41, 5.74) is 8.24. The van der Waals surface area contributed by atoms with E-state index < -0.39 is 10.8 Å². The largest absolute Gasteiger partial charge is 0.468 e. The summed E-state index contributed by atoms with van der Waals surface area (Å²) >= 11 is 0. The second-order valence-electron chi connectivity index (χ2n) is 11.1. The van der Waals surface area contributed by atoms with E-state index in [1.165, 1.54) is 14.2 Å². The molecule has 2 aliphatic carbocycles. The molecule has 0 aromatic heterocycles. The van der Waals surface area contributed by atoms with E-state index in [2.05, 4.69) is 48.5 Å². The zero-order chi connectivity index (χ0) is 28.9. The lowest BCUT2D eigenvalue weighted by molar-refractivity contribution is -0.146. The molecule has 0 atom stereocenters. The number of hydrogen-bond acceptors (Lipinski definition) is 4. The summed E-state index contributed by atoms with van der Waals surface area (Å²) in [6, 6.07) is 40.7. The van der Waals surface area contributed by atoms with E-state index in [-0.39, 0.29) is 11.9 Å². The summed E-state index contributed by atoms with van der Waals surface area (Å²) in [5.74, 6) is -0.541. The normalized spacial score (nSPS) is 14.7. The van der Waals surface area contributed by atoms with Gasteiger partial charge in [-0.1, -0.05) is 121 Å². The van der Waals surface area contributed by atoms with Crippen molar-refractivity contribution in [3.05, 3.63) is 155 Å². The molecule has 5 aromatic carbocycles. The molecule has 0 amide bonds. The Labute approximate surface area is 245 Å². The van der Waals surface area contributed by atoms with Gasteiger partial charge in [0.05, 0.1) is 14.2 Å². The lowest BCUT2D eigenvalue weighted by Gasteiger charge is -2.30. The molecule has 0 bridgehead atoms. The number of ether oxygens (including phenoxy) is 2. The maximum absolute atomic E-state index is 13.7. The molecule has 206 valence electrons. The van der Waals surface area contributed by atoms with E-state index in [1.807, 2.05) is 72.8 Å². The minimum Gasteiger partial charge on any atom is -0.468 e. The predicted molar refractivity (Wildman–Crippen MR) is 163 cm³/mol. The lowest BCUT2D eigenvalue weighted by atomic mass is 9.72. The van der Waals surface area contributed by atoms with Crippen LogP contribution in [0, 0.1) is 0 Å². The highest BCUT2D eigenvalue weighted by molar-refractivity contribution is 5.99. The van der Waals surface area contributed by atoms with Gasteiger partial charge in [0.15, 0.2) is 0 Å². The molecule has 0 N–H and O–H groups in total. The Morgan fingerprint density at radius 2 is 0.714 bits per heavy atom. The highest BCUT2D eigenvalue weighted by atomic mass is 16.5. The minimum absolute atomic E-state index is 0.271. The monoisotopic (exact) mass is 550 g/mol. The number of rotatable bonds is 6. The van der Waals surface area contributed by atoms with E-state index in [4.69, 9.17) is 9.47 Å². The minimum atomic E-state index is -0.944. The first-order valence-corrected chi connectivity index (χ1v) is 14.2. The van der Waals surface area contributed by atoms with Crippen LogP contribution in [0.4, 0.5) is 0 Å². The summed E-state index contributed by atoms with van der Waals surface area (Å²) in [4.78, 5) is 27.3. The first-order chi connectivity index (χ1) is 20.5. The van der Waals surface area contributed by atoms with Crippen LogP contribution in [0.25, 0.3) is 22.3 Å². The molecule has 0 aliphatic heterocycles. The number of carbonyl (C=O) groups excluding carboxylic acids is 2. The van der Waals surface area contributed by atoms with Gasteiger partial charge in [0.1, 0.15) is 10.8 Å². The van der Waals surface area contributed by atoms with Gasteiger partial charge in [-0.15, -0.1) is 0 Å². The third kappa shape index (κ3) is 3.54. The Morgan fingerprint density at radius 1 is 0.452 bits per heavy atom. The number of carbonyl (C=O) groups is 2. The SMILES string of the molecule is COC(=O)C1(Cc2ccc(CC3(C(=O)OC)c4ccccc4-c4ccccc43)cc2)c2ccccc2-c2ccccc21. The molecular formula is C38H30O4. The molecule has 0 radical (unpaired) electrons. The number of methoxy groups -OCH3 is 2. The first-order valence-electron chi connectivity index (χ1n) is 14.2. The summed E-state index contributed by atoms with van der Waals surface area (Å²) in [6.07, 6.45) is 0.920. The average molecular weight is 551 g/mol. The molecule has 2 aliphatic rings. The van der Waals surface area contributed by atoms with Gasteiger partial charge < -0.3 is 9.47 Å². The molecule has 0 saturated carbocycles. The molecule has 0 spiro atoms. The van der Waals surface area contributed by atoms with Crippen molar-refractivity contribution in [1.29, 1.82) is 0 Å². The molecule has 7 rings (SSSR count). The average Bonchev–Trinajstić information content (AvgIpc) is 3.50. The van der Waals surface area contributed by atoms with E-state index in [9.17, 15) is 9.59 Å². The number of fused-ring (bicyclic) bond motifs is 6. The quantitative estimate of drug-likeness (QED) is 0.213. The third-order valence-corrected chi connectivity index (χ3v) is 9.16. The molecule has 0 saturated heterocycles. The first kappa shape index (κ1) is 26.0. The van der Waals surface area contributed by atoms with Crippen molar-refractivity contribution < 1.29 is 19.1 Å². The Hall–Kier alpha value is -4.96. The van der Waals surface area contributed by atoms with Gasteiger partial charge >= 0.3 is 11.9 Å². The molecule has 4 heteroatoms. The maximum Gasteiger partial charge on any atom is 0.321 e. The zero-order valence-corrected chi connectivity index (χ0v) is 23.6. The lowest BCUT2D eigenvalue weighted by Crippen LogP contribution is -2.39.